The van der Waals surface area contributed by atoms with Crippen molar-refractivity contribution in [2.24, 2.45) is 0 Å². The highest BCUT2D eigenvalue weighted by Gasteiger charge is 2.05. The number of hydrogen-bond donors (Lipinski definition) is 1. The second kappa shape index (κ2) is 6.34. The lowest BCUT2D eigenvalue weighted by Gasteiger charge is -2.13. The van der Waals surface area contributed by atoms with E-state index in [9.17, 15) is 4.79 Å². The number of aromatic nitrogens is 1. The van der Waals surface area contributed by atoms with Crippen molar-refractivity contribution < 1.29 is 0 Å². The van der Waals surface area contributed by atoms with Gasteiger partial charge in [0.1, 0.15) is 0 Å². The highest BCUT2D eigenvalue weighted by atomic mass is 16.1. The molecule has 0 bridgehead atoms. The van der Waals surface area contributed by atoms with Crippen molar-refractivity contribution in [2.75, 3.05) is 6.54 Å². The second-order valence-corrected chi connectivity index (χ2v) is 4.69. The summed E-state index contributed by atoms with van der Waals surface area (Å²) in [5.74, 6) is 0. The Balaban J connectivity index is 2.34. The number of hydrogen-bond acceptors (Lipinski definition) is 2. The number of nitrogens with zero attached hydrogens (tertiary/aromatic N) is 1. The first-order valence-corrected chi connectivity index (χ1v) is 6.70. The summed E-state index contributed by atoms with van der Waals surface area (Å²) in [6, 6.07) is 11.8. The van der Waals surface area contributed by atoms with E-state index in [0.717, 1.165) is 29.9 Å². The smallest absolute Gasteiger partial charge is 0.186 e. The van der Waals surface area contributed by atoms with Crippen molar-refractivity contribution in [1.82, 2.24) is 9.88 Å². The quantitative estimate of drug-likeness (QED) is 0.834. The molecule has 0 aliphatic carbocycles. The van der Waals surface area contributed by atoms with Gasteiger partial charge < -0.3 is 9.88 Å². The SMILES string of the molecule is CCCNCc1cn(-c2ccccc2)c(C)cc1=O. The largest absolute Gasteiger partial charge is 0.321 e. The number of pyridine rings is 1. The predicted molar refractivity (Wildman–Crippen MR) is 78.8 cm³/mol. The Morgan fingerprint density at radius 2 is 1.95 bits per heavy atom. The number of aryl methyl sites for hydroxylation is 1. The highest BCUT2D eigenvalue weighted by Crippen LogP contribution is 2.10. The third-order valence-electron chi connectivity index (χ3n) is 3.10. The van der Waals surface area contributed by atoms with Crippen molar-refractivity contribution in [2.45, 2.75) is 26.8 Å². The second-order valence-electron chi connectivity index (χ2n) is 4.69. The molecule has 0 aliphatic heterocycles. The van der Waals surface area contributed by atoms with Crippen LogP contribution in [0, 0.1) is 6.92 Å². The molecule has 0 spiro atoms. The Hall–Kier alpha value is -1.87. The Bertz CT molecular complexity index is 587. The minimum absolute atomic E-state index is 0.105. The Morgan fingerprint density at radius 3 is 2.63 bits per heavy atom. The Morgan fingerprint density at radius 1 is 1.21 bits per heavy atom. The third kappa shape index (κ3) is 3.32. The van der Waals surface area contributed by atoms with E-state index in [1.165, 1.54) is 0 Å². The minimum atomic E-state index is 0.105. The summed E-state index contributed by atoms with van der Waals surface area (Å²) in [7, 11) is 0. The van der Waals surface area contributed by atoms with E-state index in [0.29, 0.717) is 6.54 Å². The minimum Gasteiger partial charge on any atom is -0.321 e. The lowest BCUT2D eigenvalue weighted by molar-refractivity contribution is 0.668. The van der Waals surface area contributed by atoms with Crippen LogP contribution in [0.1, 0.15) is 24.6 Å². The summed E-state index contributed by atoms with van der Waals surface area (Å²) in [6.45, 7) is 5.63. The number of nitrogens with one attached hydrogen (secondary N) is 1. The molecule has 1 aromatic carbocycles. The molecule has 1 aromatic heterocycles. The molecule has 0 unspecified atom stereocenters. The van der Waals surface area contributed by atoms with E-state index >= 15 is 0 Å². The lowest BCUT2D eigenvalue weighted by Crippen LogP contribution is -2.22. The summed E-state index contributed by atoms with van der Waals surface area (Å²) >= 11 is 0. The van der Waals surface area contributed by atoms with Gasteiger partial charge >= 0.3 is 0 Å². The lowest BCUT2D eigenvalue weighted by atomic mass is 10.2. The van der Waals surface area contributed by atoms with Crippen LogP contribution < -0.4 is 10.7 Å². The zero-order valence-electron chi connectivity index (χ0n) is 11.5. The predicted octanol–water partition coefficient (Wildman–Crippen LogP) is 2.65. The van der Waals surface area contributed by atoms with Crippen LogP contribution in [-0.4, -0.2) is 11.1 Å². The molecule has 19 heavy (non-hydrogen) atoms. The first-order chi connectivity index (χ1) is 9.22. The molecule has 2 aromatic rings. The van der Waals surface area contributed by atoms with Crippen molar-refractivity contribution in [3.8, 4) is 5.69 Å². The van der Waals surface area contributed by atoms with Crippen LogP contribution in [0.2, 0.25) is 0 Å². The number of benzene rings is 1. The number of rotatable bonds is 5. The molecule has 0 saturated carbocycles. The molecule has 1 heterocycles. The van der Waals surface area contributed by atoms with Crippen molar-refractivity contribution in [3.05, 3.63) is 64.1 Å². The van der Waals surface area contributed by atoms with Gasteiger partial charge in [-0.1, -0.05) is 25.1 Å². The van der Waals surface area contributed by atoms with Gasteiger partial charge in [-0.25, -0.2) is 0 Å². The molecule has 0 radical (unpaired) electrons. The average Bonchev–Trinajstić information content (AvgIpc) is 2.42. The van der Waals surface area contributed by atoms with Crippen LogP contribution in [-0.2, 0) is 6.54 Å². The van der Waals surface area contributed by atoms with E-state index in [4.69, 9.17) is 0 Å². The molecule has 0 saturated heterocycles. The molecule has 2 rings (SSSR count). The molecule has 0 atom stereocenters. The maximum absolute atomic E-state index is 12.0. The Labute approximate surface area is 113 Å². The standard InChI is InChI=1S/C16H20N2O/c1-3-9-17-11-14-12-18(13(2)10-16(14)19)15-7-5-4-6-8-15/h4-8,10,12,17H,3,9,11H2,1-2H3. The molecule has 100 valence electrons. The van der Waals surface area contributed by atoms with Gasteiger partial charge in [0.05, 0.1) is 0 Å². The van der Waals surface area contributed by atoms with Crippen molar-refractivity contribution in [3.63, 3.8) is 0 Å². The maximum Gasteiger partial charge on any atom is 0.186 e. The fraction of sp³-hybridized carbons (Fsp3) is 0.312. The Kier molecular flexibility index (Phi) is 4.53. The number of para-hydroxylation sites is 1. The summed E-state index contributed by atoms with van der Waals surface area (Å²) in [4.78, 5) is 12.0. The topological polar surface area (TPSA) is 34.0 Å². The normalized spacial score (nSPS) is 10.6. The van der Waals surface area contributed by atoms with E-state index < -0.39 is 0 Å². The molecular formula is C16H20N2O. The molecule has 3 heteroatoms. The fourth-order valence-corrected chi connectivity index (χ4v) is 2.07. The zero-order valence-corrected chi connectivity index (χ0v) is 11.5. The summed E-state index contributed by atoms with van der Waals surface area (Å²) in [5, 5.41) is 3.28. The molecule has 0 amide bonds. The third-order valence-corrected chi connectivity index (χ3v) is 3.10. The first-order valence-electron chi connectivity index (χ1n) is 6.70. The zero-order chi connectivity index (χ0) is 13.7. The van der Waals surface area contributed by atoms with Gasteiger partial charge in [0.2, 0.25) is 0 Å². The molecule has 0 fully saturated rings. The first kappa shape index (κ1) is 13.6. The van der Waals surface area contributed by atoms with Crippen LogP contribution in [0.25, 0.3) is 5.69 Å². The monoisotopic (exact) mass is 256 g/mol. The van der Waals surface area contributed by atoms with Crippen LogP contribution >= 0.6 is 0 Å². The average molecular weight is 256 g/mol. The summed E-state index contributed by atoms with van der Waals surface area (Å²) < 4.78 is 2.06. The fourth-order valence-electron chi connectivity index (χ4n) is 2.07. The van der Waals surface area contributed by atoms with Gasteiger partial charge in [0, 0.05) is 35.8 Å². The van der Waals surface area contributed by atoms with Crippen molar-refractivity contribution in [1.29, 1.82) is 0 Å². The molecule has 3 nitrogen and oxygen atoms in total. The van der Waals surface area contributed by atoms with Crippen LogP contribution in [0.3, 0.4) is 0 Å². The van der Waals surface area contributed by atoms with Crippen LogP contribution in [0.15, 0.2) is 47.4 Å². The van der Waals surface area contributed by atoms with Crippen LogP contribution in [0.4, 0.5) is 0 Å². The van der Waals surface area contributed by atoms with E-state index in [1.54, 1.807) is 6.07 Å². The maximum atomic E-state index is 12.0. The van der Waals surface area contributed by atoms with E-state index in [1.807, 2.05) is 43.5 Å². The van der Waals surface area contributed by atoms with Gasteiger partial charge in [-0.15, -0.1) is 0 Å². The molecule has 0 aliphatic rings. The van der Waals surface area contributed by atoms with E-state index in [2.05, 4.69) is 16.8 Å². The summed E-state index contributed by atoms with van der Waals surface area (Å²) in [6.07, 6.45) is 3.01. The van der Waals surface area contributed by atoms with Gasteiger partial charge in [0.25, 0.3) is 0 Å². The van der Waals surface area contributed by atoms with Gasteiger partial charge in [0.15, 0.2) is 5.43 Å². The van der Waals surface area contributed by atoms with Crippen LogP contribution in [0.5, 0.6) is 0 Å². The highest BCUT2D eigenvalue weighted by molar-refractivity contribution is 5.35. The molecule has 1 N–H and O–H groups in total. The van der Waals surface area contributed by atoms with Gasteiger partial charge in [-0.3, -0.25) is 4.79 Å². The summed E-state index contributed by atoms with van der Waals surface area (Å²) in [5.41, 5.74) is 2.95. The van der Waals surface area contributed by atoms with Gasteiger partial charge in [-0.2, -0.15) is 0 Å². The van der Waals surface area contributed by atoms with E-state index in [-0.39, 0.29) is 5.43 Å². The van der Waals surface area contributed by atoms with Gasteiger partial charge in [-0.05, 0) is 32.0 Å². The molecular weight excluding hydrogens is 236 g/mol. The van der Waals surface area contributed by atoms with Crippen molar-refractivity contribution >= 4 is 0 Å².